The summed E-state index contributed by atoms with van der Waals surface area (Å²) >= 11 is 0. The SMILES string of the molecule is CCCCCCCCCC/C=C\CCCCCCCCCCCC(=O)OC(CO)COC(=O)CCCCCCCCCCCCCCCCC. The molecule has 5 nitrogen and oxygen atoms in total. The first-order valence-electron chi connectivity index (χ1n) is 22.2. The maximum atomic E-state index is 12.2. The summed E-state index contributed by atoms with van der Waals surface area (Å²) in [7, 11) is 0. The summed E-state index contributed by atoms with van der Waals surface area (Å²) in [4.78, 5) is 24.3. The van der Waals surface area contributed by atoms with Gasteiger partial charge in [0.25, 0.3) is 0 Å². The van der Waals surface area contributed by atoms with E-state index < -0.39 is 6.10 Å². The summed E-state index contributed by atoms with van der Waals surface area (Å²) in [5.74, 6) is -0.579. The highest BCUT2D eigenvalue weighted by Gasteiger charge is 2.16. The highest BCUT2D eigenvalue weighted by Crippen LogP contribution is 2.15. The molecule has 0 saturated heterocycles. The molecule has 0 aliphatic carbocycles. The molecule has 0 fully saturated rings. The van der Waals surface area contributed by atoms with Gasteiger partial charge in [0.2, 0.25) is 0 Å². The number of rotatable bonds is 41. The van der Waals surface area contributed by atoms with Crippen LogP contribution in [-0.2, 0) is 19.1 Å². The summed E-state index contributed by atoms with van der Waals surface area (Å²) in [6.45, 7) is 4.17. The van der Waals surface area contributed by atoms with Crippen molar-refractivity contribution in [3.63, 3.8) is 0 Å². The molecule has 1 N–H and O–H groups in total. The van der Waals surface area contributed by atoms with Crippen LogP contribution in [0.5, 0.6) is 0 Å². The Morgan fingerprint density at radius 3 is 1.08 bits per heavy atom. The maximum absolute atomic E-state index is 12.2. The van der Waals surface area contributed by atoms with Gasteiger partial charge in [0, 0.05) is 12.8 Å². The number of esters is 2. The Morgan fingerprint density at radius 1 is 0.440 bits per heavy atom. The molecule has 0 rings (SSSR count). The monoisotopic (exact) mass is 707 g/mol. The van der Waals surface area contributed by atoms with Crippen molar-refractivity contribution in [2.75, 3.05) is 13.2 Å². The number of unbranched alkanes of at least 4 members (excludes halogenated alkanes) is 31. The fourth-order valence-corrected chi connectivity index (χ4v) is 6.67. The van der Waals surface area contributed by atoms with E-state index in [1.807, 2.05) is 0 Å². The fourth-order valence-electron chi connectivity index (χ4n) is 6.67. The van der Waals surface area contributed by atoms with Gasteiger partial charge in [-0.1, -0.05) is 206 Å². The van der Waals surface area contributed by atoms with Gasteiger partial charge in [-0.05, 0) is 38.5 Å². The highest BCUT2D eigenvalue weighted by molar-refractivity contribution is 5.70. The van der Waals surface area contributed by atoms with Crippen LogP contribution in [0.3, 0.4) is 0 Å². The fraction of sp³-hybridized carbons (Fsp3) is 0.911. The number of allylic oxidation sites excluding steroid dienone is 2. The van der Waals surface area contributed by atoms with Gasteiger partial charge in [-0.3, -0.25) is 9.59 Å². The zero-order chi connectivity index (χ0) is 36.4. The zero-order valence-corrected chi connectivity index (χ0v) is 33.7. The molecular formula is C45H86O5. The molecule has 0 amide bonds. The summed E-state index contributed by atoms with van der Waals surface area (Å²) < 4.78 is 10.6. The lowest BCUT2D eigenvalue weighted by Crippen LogP contribution is -2.28. The number of hydrogen-bond donors (Lipinski definition) is 1. The van der Waals surface area contributed by atoms with Gasteiger partial charge in [0.1, 0.15) is 6.61 Å². The zero-order valence-electron chi connectivity index (χ0n) is 33.7. The number of hydrogen-bond acceptors (Lipinski definition) is 5. The van der Waals surface area contributed by atoms with Crippen LogP contribution in [0, 0.1) is 0 Å². The first-order valence-corrected chi connectivity index (χ1v) is 22.2. The van der Waals surface area contributed by atoms with E-state index in [0.717, 1.165) is 32.1 Å². The normalized spacial score (nSPS) is 12.1. The van der Waals surface area contributed by atoms with E-state index in [0.29, 0.717) is 12.8 Å². The Hall–Kier alpha value is -1.36. The van der Waals surface area contributed by atoms with Gasteiger partial charge in [-0.2, -0.15) is 0 Å². The van der Waals surface area contributed by atoms with Gasteiger partial charge >= 0.3 is 11.9 Å². The Balaban J connectivity index is 3.48. The Labute approximate surface area is 311 Å². The smallest absolute Gasteiger partial charge is 0.306 e. The van der Waals surface area contributed by atoms with Crippen molar-refractivity contribution in [1.29, 1.82) is 0 Å². The molecule has 296 valence electrons. The van der Waals surface area contributed by atoms with Crippen molar-refractivity contribution in [2.45, 2.75) is 251 Å². The third kappa shape index (κ3) is 39.4. The van der Waals surface area contributed by atoms with E-state index in [1.165, 1.54) is 186 Å². The Bertz CT molecular complexity index is 720. The first-order chi connectivity index (χ1) is 24.6. The molecule has 0 saturated carbocycles. The quantitative estimate of drug-likeness (QED) is 0.0389. The van der Waals surface area contributed by atoms with Gasteiger partial charge in [0.05, 0.1) is 6.61 Å². The van der Waals surface area contributed by atoms with Crippen LogP contribution in [0.4, 0.5) is 0 Å². The summed E-state index contributed by atoms with van der Waals surface area (Å²) in [6.07, 6.45) is 48.5. The van der Waals surface area contributed by atoms with Crippen molar-refractivity contribution < 1.29 is 24.2 Å². The average molecular weight is 707 g/mol. The molecule has 50 heavy (non-hydrogen) atoms. The number of carbonyl (C=O) groups excluding carboxylic acids is 2. The van der Waals surface area contributed by atoms with E-state index in [4.69, 9.17) is 9.47 Å². The van der Waals surface area contributed by atoms with Crippen LogP contribution in [0.15, 0.2) is 12.2 Å². The summed E-state index contributed by atoms with van der Waals surface area (Å²) in [5, 5.41) is 9.58. The van der Waals surface area contributed by atoms with Gasteiger partial charge in [0.15, 0.2) is 6.10 Å². The van der Waals surface area contributed by atoms with E-state index in [1.54, 1.807) is 0 Å². The van der Waals surface area contributed by atoms with Gasteiger partial charge in [-0.15, -0.1) is 0 Å². The molecule has 0 aromatic rings. The molecule has 0 aliphatic rings. The Kier molecular flexibility index (Phi) is 40.9. The van der Waals surface area contributed by atoms with Crippen LogP contribution in [0.1, 0.15) is 245 Å². The van der Waals surface area contributed by atoms with Crippen molar-refractivity contribution in [3.8, 4) is 0 Å². The molecule has 0 radical (unpaired) electrons. The molecule has 0 spiro atoms. The second kappa shape index (κ2) is 42.1. The molecule has 0 bridgehead atoms. The summed E-state index contributed by atoms with van der Waals surface area (Å²) in [6, 6.07) is 0. The van der Waals surface area contributed by atoms with Crippen LogP contribution in [0.25, 0.3) is 0 Å². The molecule has 0 heterocycles. The lowest BCUT2D eigenvalue weighted by Gasteiger charge is -2.15. The minimum absolute atomic E-state index is 0.0601. The van der Waals surface area contributed by atoms with Crippen LogP contribution in [0.2, 0.25) is 0 Å². The lowest BCUT2D eigenvalue weighted by atomic mass is 10.0. The first kappa shape index (κ1) is 48.6. The molecule has 1 unspecified atom stereocenters. The molecular weight excluding hydrogens is 620 g/mol. The Morgan fingerprint density at radius 2 is 0.740 bits per heavy atom. The molecule has 0 aromatic carbocycles. The van der Waals surface area contributed by atoms with E-state index in [2.05, 4.69) is 26.0 Å². The minimum atomic E-state index is -0.766. The summed E-state index contributed by atoms with van der Waals surface area (Å²) in [5.41, 5.74) is 0. The molecule has 5 heteroatoms. The van der Waals surface area contributed by atoms with Crippen LogP contribution >= 0.6 is 0 Å². The van der Waals surface area contributed by atoms with E-state index in [9.17, 15) is 14.7 Å². The van der Waals surface area contributed by atoms with Crippen molar-refractivity contribution >= 4 is 11.9 Å². The molecule has 0 aromatic heterocycles. The van der Waals surface area contributed by atoms with Gasteiger partial charge in [-0.25, -0.2) is 0 Å². The topological polar surface area (TPSA) is 72.8 Å². The standard InChI is InChI=1S/C45H86O5/c1-3-5-7-9-11-13-15-17-19-20-21-22-23-24-26-28-30-32-34-36-38-40-45(48)50-43(41-46)42-49-44(47)39-37-35-33-31-29-27-25-18-16-14-12-10-8-6-4-2/h20-21,43,46H,3-19,22-42H2,1-2H3/b21-20-. The number of aliphatic hydroxyl groups excluding tert-OH is 1. The third-order valence-corrected chi connectivity index (χ3v) is 10.1. The van der Waals surface area contributed by atoms with Crippen molar-refractivity contribution in [1.82, 2.24) is 0 Å². The number of ether oxygens (including phenoxy) is 2. The maximum Gasteiger partial charge on any atom is 0.306 e. The third-order valence-electron chi connectivity index (χ3n) is 10.1. The average Bonchev–Trinajstić information content (AvgIpc) is 3.12. The minimum Gasteiger partial charge on any atom is -0.462 e. The number of carbonyl (C=O) groups is 2. The predicted molar refractivity (Wildman–Crippen MR) is 215 cm³/mol. The van der Waals surface area contributed by atoms with Crippen molar-refractivity contribution in [3.05, 3.63) is 12.2 Å². The highest BCUT2D eigenvalue weighted by atomic mass is 16.6. The molecule has 0 aliphatic heterocycles. The predicted octanol–water partition coefficient (Wildman–Crippen LogP) is 14.1. The second-order valence-corrected chi connectivity index (χ2v) is 15.1. The van der Waals surface area contributed by atoms with Crippen LogP contribution in [-0.4, -0.2) is 36.4 Å². The van der Waals surface area contributed by atoms with E-state index >= 15 is 0 Å². The lowest BCUT2D eigenvalue weighted by molar-refractivity contribution is -0.161. The molecule has 1 atom stereocenters. The van der Waals surface area contributed by atoms with Crippen molar-refractivity contribution in [2.24, 2.45) is 0 Å². The van der Waals surface area contributed by atoms with Gasteiger partial charge < -0.3 is 14.6 Å². The largest absolute Gasteiger partial charge is 0.462 e. The van der Waals surface area contributed by atoms with E-state index in [-0.39, 0.29) is 25.2 Å². The number of aliphatic hydroxyl groups is 1. The van der Waals surface area contributed by atoms with Crippen LogP contribution < -0.4 is 0 Å². The second-order valence-electron chi connectivity index (χ2n) is 15.1.